The molecular formula is C26H39N5O2. The summed E-state index contributed by atoms with van der Waals surface area (Å²) in [4.78, 5) is 35.1. The van der Waals surface area contributed by atoms with Crippen molar-refractivity contribution in [2.24, 2.45) is 23.5 Å². The lowest BCUT2D eigenvalue weighted by molar-refractivity contribution is -0.141. The van der Waals surface area contributed by atoms with Crippen molar-refractivity contribution in [1.29, 1.82) is 0 Å². The number of rotatable bonds is 6. The highest BCUT2D eigenvalue weighted by atomic mass is 16.2. The molecule has 180 valence electrons. The number of imidazole rings is 1. The van der Waals surface area contributed by atoms with Crippen LogP contribution in [0, 0.1) is 29.6 Å². The molecule has 4 N–H and O–H groups in total. The highest BCUT2D eigenvalue weighted by Crippen LogP contribution is 2.42. The summed E-state index contributed by atoms with van der Waals surface area (Å²) in [6.07, 6.45) is 17.1. The first kappa shape index (κ1) is 23.8. The molecule has 1 saturated heterocycles. The smallest absolute Gasteiger partial charge is 0.243 e. The van der Waals surface area contributed by atoms with Crippen LogP contribution in [-0.2, 0) is 9.59 Å². The number of carbonyl (C=O) groups excluding carboxylic acids is 2. The molecule has 2 atom stereocenters. The number of aromatic amines is 1. The minimum atomic E-state index is -0.496. The Balaban J connectivity index is 1.39. The van der Waals surface area contributed by atoms with Crippen LogP contribution in [0.5, 0.6) is 0 Å². The predicted molar refractivity (Wildman–Crippen MR) is 128 cm³/mol. The highest BCUT2D eigenvalue weighted by Gasteiger charge is 2.43. The molecule has 33 heavy (non-hydrogen) atoms. The monoisotopic (exact) mass is 453 g/mol. The minimum Gasteiger partial charge on any atom is -0.343 e. The Hall–Kier alpha value is -2.33. The fourth-order valence-electron chi connectivity index (χ4n) is 6.38. The van der Waals surface area contributed by atoms with Crippen molar-refractivity contribution >= 4 is 11.8 Å². The molecule has 0 bridgehead atoms. The molecule has 0 spiro atoms. The summed E-state index contributed by atoms with van der Waals surface area (Å²) in [5.41, 5.74) is 7.50. The molecule has 7 nitrogen and oxygen atoms in total. The lowest BCUT2D eigenvalue weighted by atomic mass is 9.66. The molecule has 7 heteroatoms. The van der Waals surface area contributed by atoms with E-state index in [1.54, 1.807) is 17.4 Å². The zero-order chi connectivity index (χ0) is 23.0. The fraction of sp³-hybridized carbons (Fsp3) is 0.731. The van der Waals surface area contributed by atoms with Crippen LogP contribution < -0.4 is 11.1 Å². The molecule has 1 aromatic rings. The van der Waals surface area contributed by atoms with E-state index < -0.39 is 12.1 Å². The van der Waals surface area contributed by atoms with Gasteiger partial charge in [-0.3, -0.25) is 9.59 Å². The second-order valence-corrected chi connectivity index (χ2v) is 10.1. The van der Waals surface area contributed by atoms with Crippen LogP contribution >= 0.6 is 0 Å². The van der Waals surface area contributed by atoms with Gasteiger partial charge < -0.3 is 20.9 Å². The zero-order valence-electron chi connectivity index (χ0n) is 19.7. The third-order valence-electron chi connectivity index (χ3n) is 8.00. The van der Waals surface area contributed by atoms with E-state index in [1.165, 1.54) is 64.2 Å². The molecule has 3 fully saturated rings. The number of hydrogen-bond acceptors (Lipinski definition) is 4. The highest BCUT2D eigenvalue weighted by molar-refractivity contribution is 5.90. The lowest BCUT2D eigenvalue weighted by Gasteiger charge is -2.41. The Kier molecular flexibility index (Phi) is 8.44. The van der Waals surface area contributed by atoms with Crippen LogP contribution in [0.2, 0.25) is 0 Å². The first-order valence-electron chi connectivity index (χ1n) is 13.0. The van der Waals surface area contributed by atoms with Gasteiger partial charge >= 0.3 is 0 Å². The maximum atomic E-state index is 13.7. The van der Waals surface area contributed by atoms with E-state index in [0.29, 0.717) is 30.5 Å². The molecular weight excluding hydrogens is 414 g/mol. The van der Waals surface area contributed by atoms with E-state index in [-0.39, 0.29) is 24.3 Å². The molecule has 3 aliphatic rings. The molecule has 1 aromatic heterocycles. The second-order valence-electron chi connectivity index (χ2n) is 10.1. The third kappa shape index (κ3) is 5.97. The van der Waals surface area contributed by atoms with Gasteiger partial charge in [-0.2, -0.15) is 0 Å². The number of aromatic nitrogens is 2. The van der Waals surface area contributed by atoms with E-state index in [0.717, 1.165) is 6.42 Å². The number of hydrogen-bond donors (Lipinski definition) is 3. The van der Waals surface area contributed by atoms with Crippen LogP contribution in [-0.4, -0.2) is 51.9 Å². The summed E-state index contributed by atoms with van der Waals surface area (Å²) in [6, 6.07) is -0.930. The Bertz CT molecular complexity index is 813. The van der Waals surface area contributed by atoms with E-state index in [1.807, 2.05) is 0 Å². The average molecular weight is 454 g/mol. The van der Waals surface area contributed by atoms with Gasteiger partial charge in [0.1, 0.15) is 11.7 Å². The van der Waals surface area contributed by atoms with Gasteiger partial charge in [-0.15, -0.1) is 0 Å². The van der Waals surface area contributed by atoms with Crippen molar-refractivity contribution in [1.82, 2.24) is 20.2 Å². The van der Waals surface area contributed by atoms with Gasteiger partial charge in [0.2, 0.25) is 11.8 Å². The standard InChI is InChI=1S/C26H39N5O2/c27-24(23(19-9-3-1-4-10-19)20-11-5-2-6-12-20)26(33)31-16-8-14-22(31)25(32)29-15-7-13-21-17-28-18-30-21/h17-20,22-24H,1-6,8-12,14-16,27H2,(H,28,30)(H,29,32)/t22-,24+/m0/s1. The van der Waals surface area contributed by atoms with Gasteiger partial charge in [-0.1, -0.05) is 70.1 Å². The van der Waals surface area contributed by atoms with E-state index in [9.17, 15) is 9.59 Å². The van der Waals surface area contributed by atoms with Crippen molar-refractivity contribution in [3.63, 3.8) is 0 Å². The molecule has 2 amide bonds. The molecule has 0 aromatic carbocycles. The summed E-state index contributed by atoms with van der Waals surface area (Å²) in [5, 5.41) is 2.89. The summed E-state index contributed by atoms with van der Waals surface area (Å²) in [7, 11) is 0. The minimum absolute atomic E-state index is 0.0164. The van der Waals surface area contributed by atoms with Gasteiger partial charge in [0, 0.05) is 6.54 Å². The van der Waals surface area contributed by atoms with E-state index in [4.69, 9.17) is 5.73 Å². The van der Waals surface area contributed by atoms with Gasteiger partial charge in [-0.25, -0.2) is 4.98 Å². The van der Waals surface area contributed by atoms with Gasteiger partial charge in [-0.05, 0) is 36.5 Å². The molecule has 2 heterocycles. The Labute approximate surface area is 197 Å². The summed E-state index contributed by atoms with van der Waals surface area (Å²) >= 11 is 0. The maximum Gasteiger partial charge on any atom is 0.243 e. The maximum absolute atomic E-state index is 13.7. The summed E-state index contributed by atoms with van der Waals surface area (Å²) in [6.45, 7) is 0.863. The molecule has 2 aliphatic carbocycles. The van der Waals surface area contributed by atoms with Crippen molar-refractivity contribution in [3.8, 4) is 11.8 Å². The Morgan fingerprint density at radius 2 is 1.73 bits per heavy atom. The summed E-state index contributed by atoms with van der Waals surface area (Å²) in [5.74, 6) is 7.07. The van der Waals surface area contributed by atoms with Crippen molar-refractivity contribution < 1.29 is 9.59 Å². The normalized spacial score (nSPS) is 23.2. The number of nitrogens with two attached hydrogens (primary N) is 1. The number of likely N-dealkylation sites (tertiary alicyclic amines) is 1. The number of carbonyl (C=O) groups is 2. The van der Waals surface area contributed by atoms with Crippen molar-refractivity contribution in [3.05, 3.63) is 18.2 Å². The largest absolute Gasteiger partial charge is 0.343 e. The topological polar surface area (TPSA) is 104 Å². The average Bonchev–Trinajstić information content (AvgIpc) is 3.55. The molecule has 0 unspecified atom stereocenters. The van der Waals surface area contributed by atoms with Crippen LogP contribution in [0.25, 0.3) is 0 Å². The van der Waals surface area contributed by atoms with Crippen LogP contribution in [0.15, 0.2) is 12.5 Å². The quantitative estimate of drug-likeness (QED) is 0.576. The van der Waals surface area contributed by atoms with Crippen molar-refractivity contribution in [2.75, 3.05) is 13.1 Å². The van der Waals surface area contributed by atoms with Crippen LogP contribution in [0.3, 0.4) is 0 Å². The van der Waals surface area contributed by atoms with Crippen LogP contribution in [0.4, 0.5) is 0 Å². The SMILES string of the molecule is N[C@@H](C(=O)N1CCC[C@H]1C(=O)NCC#Cc1cnc[nH]1)C(C1CCCCC1)C1CCCCC1. The van der Waals surface area contributed by atoms with Gasteiger partial charge in [0.25, 0.3) is 0 Å². The Morgan fingerprint density at radius 1 is 1.06 bits per heavy atom. The van der Waals surface area contributed by atoms with Gasteiger partial charge in [0.15, 0.2) is 0 Å². The number of nitrogens with one attached hydrogen (secondary N) is 2. The predicted octanol–water partition coefficient (Wildman–Crippen LogP) is 2.97. The first-order valence-corrected chi connectivity index (χ1v) is 13.0. The number of amides is 2. The third-order valence-corrected chi connectivity index (χ3v) is 8.00. The second kappa shape index (κ2) is 11.7. The molecule has 4 rings (SSSR count). The lowest BCUT2D eigenvalue weighted by Crippen LogP contribution is -2.55. The Morgan fingerprint density at radius 3 is 2.33 bits per heavy atom. The van der Waals surface area contributed by atoms with Gasteiger partial charge in [0.05, 0.1) is 25.1 Å². The summed E-state index contributed by atoms with van der Waals surface area (Å²) < 4.78 is 0. The van der Waals surface area contributed by atoms with Crippen molar-refractivity contribution in [2.45, 2.75) is 89.1 Å². The van der Waals surface area contributed by atoms with E-state index in [2.05, 4.69) is 27.1 Å². The fourth-order valence-corrected chi connectivity index (χ4v) is 6.38. The molecule has 1 aliphatic heterocycles. The number of nitrogens with zero attached hydrogens (tertiary/aromatic N) is 2. The van der Waals surface area contributed by atoms with E-state index >= 15 is 0 Å². The zero-order valence-corrected chi connectivity index (χ0v) is 19.7. The molecule has 0 radical (unpaired) electrons. The first-order chi connectivity index (χ1) is 16.1. The molecule has 2 saturated carbocycles. The van der Waals surface area contributed by atoms with Crippen LogP contribution in [0.1, 0.15) is 82.7 Å². The number of H-pyrrole nitrogens is 1.